The van der Waals surface area contributed by atoms with Crippen LogP contribution in [0.1, 0.15) is 10.4 Å². The number of thiophene rings is 1. The van der Waals surface area contributed by atoms with Gasteiger partial charge in [-0.3, -0.25) is 4.79 Å². The van der Waals surface area contributed by atoms with Gasteiger partial charge in [-0.25, -0.2) is 4.98 Å². The van der Waals surface area contributed by atoms with Crippen LogP contribution in [0.15, 0.2) is 46.8 Å². The number of nitrogens with one attached hydrogen (secondary N) is 1. The van der Waals surface area contributed by atoms with E-state index in [1.165, 1.54) is 6.20 Å². The first-order valence-corrected chi connectivity index (χ1v) is 8.20. The Hall–Kier alpha value is -2.39. The first-order chi connectivity index (χ1) is 11.9. The molecule has 0 spiro atoms. The molecule has 0 fully saturated rings. The van der Waals surface area contributed by atoms with Gasteiger partial charge in [0, 0.05) is 17.6 Å². The Kier molecular flexibility index (Phi) is 4.78. The molecule has 3 heterocycles. The van der Waals surface area contributed by atoms with Crippen molar-refractivity contribution >= 4 is 28.6 Å². The Labute approximate surface area is 148 Å². The molecule has 0 aliphatic carbocycles. The highest BCUT2D eigenvalue weighted by molar-refractivity contribution is 7.09. The van der Waals surface area contributed by atoms with Crippen LogP contribution in [0.2, 0.25) is 5.02 Å². The van der Waals surface area contributed by atoms with Gasteiger partial charge < -0.3 is 5.32 Å². The van der Waals surface area contributed by atoms with Crippen molar-refractivity contribution in [2.45, 2.75) is 12.7 Å². The number of halogens is 4. The maximum atomic E-state index is 12.6. The first-order valence-electron chi connectivity index (χ1n) is 6.94. The summed E-state index contributed by atoms with van der Waals surface area (Å²) >= 11 is 7.60. The van der Waals surface area contributed by atoms with Crippen molar-refractivity contribution in [2.75, 3.05) is 5.32 Å². The van der Waals surface area contributed by atoms with Gasteiger partial charge in [0.1, 0.15) is 5.02 Å². The number of anilines is 1. The van der Waals surface area contributed by atoms with Crippen LogP contribution in [-0.2, 0) is 12.7 Å². The van der Waals surface area contributed by atoms with Gasteiger partial charge in [-0.2, -0.15) is 23.0 Å². The van der Waals surface area contributed by atoms with Crippen molar-refractivity contribution in [1.82, 2.24) is 14.8 Å². The summed E-state index contributed by atoms with van der Waals surface area (Å²) in [6, 6.07) is 5.71. The van der Waals surface area contributed by atoms with Gasteiger partial charge in [0.25, 0.3) is 5.56 Å². The van der Waals surface area contributed by atoms with Crippen LogP contribution in [0.25, 0.3) is 5.82 Å². The highest BCUT2D eigenvalue weighted by Gasteiger charge is 2.30. The number of alkyl halides is 3. The van der Waals surface area contributed by atoms with E-state index >= 15 is 0 Å². The number of rotatable bonds is 4. The lowest BCUT2D eigenvalue weighted by Crippen LogP contribution is -2.23. The quantitative estimate of drug-likeness (QED) is 0.737. The lowest BCUT2D eigenvalue weighted by atomic mass is 10.3. The molecular weight excluding hydrogens is 377 g/mol. The Morgan fingerprint density at radius 2 is 2.04 bits per heavy atom. The molecule has 0 amide bonds. The molecule has 0 radical (unpaired) electrons. The van der Waals surface area contributed by atoms with Gasteiger partial charge in [0.15, 0.2) is 5.82 Å². The molecule has 10 heteroatoms. The lowest BCUT2D eigenvalue weighted by Gasteiger charge is -2.10. The second kappa shape index (κ2) is 6.85. The molecule has 0 aliphatic rings. The third-order valence-electron chi connectivity index (χ3n) is 3.24. The fraction of sp³-hybridized carbons (Fsp3) is 0.133. The molecule has 0 atom stereocenters. The third kappa shape index (κ3) is 3.83. The summed E-state index contributed by atoms with van der Waals surface area (Å²) in [6.07, 6.45) is -2.53. The van der Waals surface area contributed by atoms with Crippen molar-refractivity contribution in [1.29, 1.82) is 0 Å². The standard InChI is InChI=1S/C15H10ClF3N4OS/c16-13-11(20-7-10-2-1-5-25-10)8-22-23(14(13)24)12-4-3-9(6-21-12)15(17,18)19/h1-6,8,20H,7H2. The minimum Gasteiger partial charge on any atom is -0.377 e. The van der Waals surface area contributed by atoms with Crippen LogP contribution in [0.4, 0.5) is 18.9 Å². The fourth-order valence-electron chi connectivity index (χ4n) is 1.99. The molecule has 0 unspecified atom stereocenters. The SMILES string of the molecule is O=c1c(Cl)c(NCc2cccs2)cnn1-c1ccc(C(F)(F)F)cn1. The highest BCUT2D eigenvalue weighted by atomic mass is 35.5. The second-order valence-corrected chi connectivity index (χ2v) is 6.34. The number of hydrogen-bond acceptors (Lipinski definition) is 5. The summed E-state index contributed by atoms with van der Waals surface area (Å²) in [5, 5.41) is 8.72. The zero-order valence-electron chi connectivity index (χ0n) is 12.4. The van der Waals surface area contributed by atoms with Crippen LogP contribution in [0, 0.1) is 0 Å². The topological polar surface area (TPSA) is 59.8 Å². The van der Waals surface area contributed by atoms with Gasteiger partial charge in [-0.05, 0) is 23.6 Å². The molecule has 3 aromatic rings. The molecule has 0 aliphatic heterocycles. The van der Waals surface area contributed by atoms with E-state index in [1.54, 1.807) is 11.3 Å². The predicted molar refractivity (Wildman–Crippen MR) is 89.3 cm³/mol. The van der Waals surface area contributed by atoms with E-state index in [1.807, 2.05) is 17.5 Å². The van der Waals surface area contributed by atoms with Crippen molar-refractivity contribution in [3.05, 3.63) is 67.9 Å². The van der Waals surface area contributed by atoms with Gasteiger partial charge in [-0.1, -0.05) is 17.7 Å². The van der Waals surface area contributed by atoms with Gasteiger partial charge in [0.2, 0.25) is 0 Å². The van der Waals surface area contributed by atoms with E-state index in [0.29, 0.717) is 18.4 Å². The maximum absolute atomic E-state index is 12.6. The number of aromatic nitrogens is 3. The lowest BCUT2D eigenvalue weighted by molar-refractivity contribution is -0.137. The Bertz CT molecular complexity index is 923. The molecule has 0 bridgehead atoms. The van der Waals surface area contributed by atoms with E-state index in [0.717, 1.165) is 21.7 Å². The first kappa shape index (κ1) is 17.4. The molecule has 0 saturated carbocycles. The summed E-state index contributed by atoms with van der Waals surface area (Å²) in [7, 11) is 0. The second-order valence-electron chi connectivity index (χ2n) is 4.92. The van der Waals surface area contributed by atoms with Crippen LogP contribution >= 0.6 is 22.9 Å². The predicted octanol–water partition coefficient (Wildman–Crippen LogP) is 3.97. The Morgan fingerprint density at radius 1 is 1.24 bits per heavy atom. The minimum atomic E-state index is -4.50. The van der Waals surface area contributed by atoms with Crippen LogP contribution < -0.4 is 10.9 Å². The van der Waals surface area contributed by atoms with Crippen molar-refractivity contribution in [3.63, 3.8) is 0 Å². The third-order valence-corrected chi connectivity index (χ3v) is 4.49. The van der Waals surface area contributed by atoms with E-state index < -0.39 is 17.3 Å². The van der Waals surface area contributed by atoms with E-state index in [9.17, 15) is 18.0 Å². The zero-order chi connectivity index (χ0) is 18.0. The molecule has 130 valence electrons. The number of pyridine rings is 1. The van der Waals surface area contributed by atoms with Gasteiger partial charge in [0.05, 0.1) is 17.4 Å². The minimum absolute atomic E-state index is 0.0512. The molecule has 5 nitrogen and oxygen atoms in total. The Balaban J connectivity index is 1.86. The molecule has 0 aromatic carbocycles. The van der Waals surface area contributed by atoms with Crippen LogP contribution in [0.5, 0.6) is 0 Å². The summed E-state index contributed by atoms with van der Waals surface area (Å²) < 4.78 is 38.5. The normalized spacial score (nSPS) is 11.5. The maximum Gasteiger partial charge on any atom is 0.417 e. The van der Waals surface area contributed by atoms with E-state index in [2.05, 4.69) is 15.4 Å². The molecule has 25 heavy (non-hydrogen) atoms. The van der Waals surface area contributed by atoms with Crippen LogP contribution in [-0.4, -0.2) is 14.8 Å². The van der Waals surface area contributed by atoms with Crippen LogP contribution in [0.3, 0.4) is 0 Å². The Morgan fingerprint density at radius 3 is 2.64 bits per heavy atom. The number of hydrogen-bond donors (Lipinski definition) is 1. The summed E-state index contributed by atoms with van der Waals surface area (Å²) in [5.41, 5.74) is -1.25. The molecular formula is C15H10ClF3N4OS. The molecule has 0 saturated heterocycles. The van der Waals surface area contributed by atoms with Crippen molar-refractivity contribution < 1.29 is 13.2 Å². The van der Waals surface area contributed by atoms with Crippen molar-refractivity contribution in [2.24, 2.45) is 0 Å². The average Bonchev–Trinajstić information content (AvgIpc) is 3.09. The van der Waals surface area contributed by atoms with Gasteiger partial charge >= 0.3 is 6.18 Å². The largest absolute Gasteiger partial charge is 0.417 e. The summed E-state index contributed by atoms with van der Waals surface area (Å²) in [4.78, 5) is 17.0. The smallest absolute Gasteiger partial charge is 0.377 e. The molecule has 3 aromatic heterocycles. The van der Waals surface area contributed by atoms with Crippen molar-refractivity contribution in [3.8, 4) is 5.82 Å². The number of nitrogens with zero attached hydrogens (tertiary/aromatic N) is 3. The average molecular weight is 387 g/mol. The summed E-state index contributed by atoms with van der Waals surface area (Å²) in [6.45, 7) is 0.473. The fourth-order valence-corrected chi connectivity index (χ4v) is 2.83. The van der Waals surface area contributed by atoms with E-state index in [4.69, 9.17) is 11.6 Å². The van der Waals surface area contributed by atoms with E-state index in [-0.39, 0.29) is 10.8 Å². The zero-order valence-corrected chi connectivity index (χ0v) is 14.0. The monoisotopic (exact) mass is 386 g/mol. The molecule has 1 N–H and O–H groups in total. The highest BCUT2D eigenvalue weighted by Crippen LogP contribution is 2.28. The molecule has 3 rings (SSSR count). The van der Waals surface area contributed by atoms with Gasteiger partial charge in [-0.15, -0.1) is 11.3 Å². The summed E-state index contributed by atoms with van der Waals surface area (Å²) in [5.74, 6) is -0.0512.